The summed E-state index contributed by atoms with van der Waals surface area (Å²) in [7, 11) is 0. The zero-order valence-corrected chi connectivity index (χ0v) is 11.3. The van der Waals surface area contributed by atoms with Crippen molar-refractivity contribution in [3.8, 4) is 0 Å². The van der Waals surface area contributed by atoms with E-state index in [0.717, 1.165) is 19.3 Å². The summed E-state index contributed by atoms with van der Waals surface area (Å²) in [6.07, 6.45) is 7.61. The molecule has 19 heavy (non-hydrogen) atoms. The molecule has 1 amide bonds. The maximum Gasteiger partial charge on any atom is 0.303 e. The summed E-state index contributed by atoms with van der Waals surface area (Å²) in [5.74, 6) is -0.902. The molecule has 0 bridgehead atoms. The third kappa shape index (κ3) is 4.20. The number of hydrogen-bond donors (Lipinski definition) is 2. The molecule has 1 spiro atoms. The number of hydrogen-bond acceptors (Lipinski definition) is 3. The predicted molar refractivity (Wildman–Crippen MR) is 69.8 cm³/mol. The largest absolute Gasteiger partial charge is 0.481 e. The molecule has 2 fully saturated rings. The number of aliphatic carboxylic acids is 1. The molecule has 0 unspecified atom stereocenters. The number of carbonyl (C=O) groups excluding carboxylic acids is 1. The van der Waals surface area contributed by atoms with Gasteiger partial charge in [0.05, 0.1) is 18.2 Å². The molecule has 5 heteroatoms. The van der Waals surface area contributed by atoms with Crippen LogP contribution in [-0.2, 0) is 14.3 Å². The van der Waals surface area contributed by atoms with Crippen molar-refractivity contribution < 1.29 is 19.4 Å². The average Bonchev–Trinajstić information content (AvgIpc) is 2.72. The molecule has 0 aromatic carbocycles. The molecule has 0 aromatic rings. The lowest BCUT2D eigenvalue weighted by Crippen LogP contribution is -2.37. The summed E-state index contributed by atoms with van der Waals surface area (Å²) >= 11 is 0. The molecule has 1 aliphatic heterocycles. The Labute approximate surface area is 113 Å². The van der Waals surface area contributed by atoms with Crippen molar-refractivity contribution in [2.45, 2.75) is 69.4 Å². The highest BCUT2D eigenvalue weighted by Gasteiger charge is 2.41. The van der Waals surface area contributed by atoms with Crippen LogP contribution >= 0.6 is 0 Å². The Hall–Kier alpha value is -1.10. The summed E-state index contributed by atoms with van der Waals surface area (Å²) in [6, 6.07) is 0.107. The Balaban J connectivity index is 1.69. The number of carboxylic acids is 1. The van der Waals surface area contributed by atoms with E-state index in [2.05, 4.69) is 5.32 Å². The minimum Gasteiger partial charge on any atom is -0.481 e. The summed E-state index contributed by atoms with van der Waals surface area (Å²) < 4.78 is 5.93. The fourth-order valence-electron chi connectivity index (χ4n) is 3.18. The lowest BCUT2D eigenvalue weighted by molar-refractivity contribution is -0.137. The first-order valence-electron chi connectivity index (χ1n) is 7.25. The third-order valence-corrected chi connectivity index (χ3v) is 4.13. The molecule has 5 nitrogen and oxygen atoms in total. The molecule has 2 rings (SSSR count). The quantitative estimate of drug-likeness (QED) is 0.798. The summed E-state index contributed by atoms with van der Waals surface area (Å²) in [4.78, 5) is 22.1. The molecule has 1 atom stereocenters. The van der Waals surface area contributed by atoms with E-state index in [9.17, 15) is 9.59 Å². The van der Waals surface area contributed by atoms with E-state index in [0.29, 0.717) is 13.0 Å². The van der Waals surface area contributed by atoms with E-state index in [-0.39, 0.29) is 30.4 Å². The van der Waals surface area contributed by atoms with Crippen LogP contribution in [0.4, 0.5) is 0 Å². The van der Waals surface area contributed by atoms with Crippen LogP contribution < -0.4 is 5.32 Å². The van der Waals surface area contributed by atoms with Gasteiger partial charge in [0.2, 0.25) is 5.91 Å². The zero-order chi connectivity index (χ0) is 13.7. The van der Waals surface area contributed by atoms with Gasteiger partial charge in [-0.3, -0.25) is 9.59 Å². The monoisotopic (exact) mass is 269 g/mol. The highest BCUT2D eigenvalue weighted by molar-refractivity contribution is 5.77. The minimum atomic E-state index is -0.849. The first kappa shape index (κ1) is 14.3. The van der Waals surface area contributed by atoms with Crippen molar-refractivity contribution in [2.24, 2.45) is 0 Å². The molecule has 2 N–H and O–H groups in total. The number of rotatable bonds is 5. The number of amides is 1. The number of carbonyl (C=O) groups is 2. The first-order chi connectivity index (χ1) is 9.10. The van der Waals surface area contributed by atoms with Crippen molar-refractivity contribution in [1.29, 1.82) is 0 Å². The molecule has 1 heterocycles. The van der Waals surface area contributed by atoms with Crippen molar-refractivity contribution in [2.75, 3.05) is 6.61 Å². The SMILES string of the molecule is O=C(O)CCCC(=O)N[C@@H]1COC2(CCCCC2)C1. The summed E-state index contributed by atoms with van der Waals surface area (Å²) in [6.45, 7) is 0.602. The molecular weight excluding hydrogens is 246 g/mol. The Morgan fingerprint density at radius 1 is 1.21 bits per heavy atom. The van der Waals surface area contributed by atoms with Gasteiger partial charge < -0.3 is 15.2 Å². The van der Waals surface area contributed by atoms with E-state index < -0.39 is 5.97 Å². The number of ether oxygens (including phenoxy) is 1. The first-order valence-corrected chi connectivity index (χ1v) is 7.25. The standard InChI is InChI=1S/C14H23NO4/c16-12(5-4-6-13(17)18)15-11-9-14(19-10-11)7-2-1-3-8-14/h11H,1-10H2,(H,15,16)(H,17,18)/t11-/m0/s1. The smallest absolute Gasteiger partial charge is 0.303 e. The molecular formula is C14H23NO4. The van der Waals surface area contributed by atoms with Gasteiger partial charge in [0, 0.05) is 12.8 Å². The van der Waals surface area contributed by atoms with E-state index in [1.807, 2.05) is 0 Å². The summed E-state index contributed by atoms with van der Waals surface area (Å²) in [5, 5.41) is 11.5. The Kier molecular flexibility index (Phi) is 4.80. The van der Waals surface area contributed by atoms with Crippen molar-refractivity contribution in [3.05, 3.63) is 0 Å². The molecule has 1 saturated carbocycles. The molecule has 1 aliphatic carbocycles. The van der Waals surface area contributed by atoms with Gasteiger partial charge in [-0.25, -0.2) is 0 Å². The Morgan fingerprint density at radius 2 is 1.95 bits per heavy atom. The fourth-order valence-corrected chi connectivity index (χ4v) is 3.18. The maximum absolute atomic E-state index is 11.7. The molecule has 0 aromatic heterocycles. The van der Waals surface area contributed by atoms with E-state index in [1.165, 1.54) is 19.3 Å². The Bertz CT molecular complexity index is 336. The third-order valence-electron chi connectivity index (χ3n) is 4.13. The topological polar surface area (TPSA) is 75.6 Å². The van der Waals surface area contributed by atoms with Crippen LogP contribution in [0.25, 0.3) is 0 Å². The van der Waals surface area contributed by atoms with E-state index in [1.54, 1.807) is 0 Å². The fraction of sp³-hybridized carbons (Fsp3) is 0.857. The van der Waals surface area contributed by atoms with Crippen LogP contribution in [0.2, 0.25) is 0 Å². The highest BCUT2D eigenvalue weighted by atomic mass is 16.5. The minimum absolute atomic E-state index is 0.0112. The molecule has 1 saturated heterocycles. The second-order valence-electron chi connectivity index (χ2n) is 5.77. The van der Waals surface area contributed by atoms with Gasteiger partial charge in [-0.05, 0) is 25.7 Å². The lowest BCUT2D eigenvalue weighted by atomic mass is 9.82. The predicted octanol–water partition coefficient (Wildman–Crippen LogP) is 1.85. The van der Waals surface area contributed by atoms with Crippen LogP contribution in [0.15, 0.2) is 0 Å². The highest BCUT2D eigenvalue weighted by Crippen LogP contribution is 2.39. The van der Waals surface area contributed by atoms with Gasteiger partial charge in [0.15, 0.2) is 0 Å². The van der Waals surface area contributed by atoms with E-state index in [4.69, 9.17) is 9.84 Å². The van der Waals surface area contributed by atoms with Crippen LogP contribution in [0.3, 0.4) is 0 Å². The van der Waals surface area contributed by atoms with Crippen LogP contribution in [-0.4, -0.2) is 35.2 Å². The second-order valence-corrected chi connectivity index (χ2v) is 5.77. The normalized spacial score (nSPS) is 25.4. The van der Waals surface area contributed by atoms with Crippen LogP contribution in [0.1, 0.15) is 57.8 Å². The average molecular weight is 269 g/mol. The van der Waals surface area contributed by atoms with Gasteiger partial charge in [-0.15, -0.1) is 0 Å². The van der Waals surface area contributed by atoms with Gasteiger partial charge in [-0.2, -0.15) is 0 Å². The molecule has 0 radical (unpaired) electrons. The van der Waals surface area contributed by atoms with Gasteiger partial charge >= 0.3 is 5.97 Å². The molecule has 2 aliphatic rings. The summed E-state index contributed by atoms with van der Waals surface area (Å²) in [5.41, 5.74) is 0.0112. The van der Waals surface area contributed by atoms with Gasteiger partial charge in [0.1, 0.15) is 0 Å². The van der Waals surface area contributed by atoms with Crippen LogP contribution in [0, 0.1) is 0 Å². The van der Waals surface area contributed by atoms with Gasteiger partial charge in [0.25, 0.3) is 0 Å². The van der Waals surface area contributed by atoms with Crippen molar-refractivity contribution >= 4 is 11.9 Å². The second kappa shape index (κ2) is 6.37. The Morgan fingerprint density at radius 3 is 2.63 bits per heavy atom. The van der Waals surface area contributed by atoms with Crippen molar-refractivity contribution in [1.82, 2.24) is 5.32 Å². The van der Waals surface area contributed by atoms with Crippen LogP contribution in [0.5, 0.6) is 0 Å². The maximum atomic E-state index is 11.7. The number of carboxylic acid groups (broad SMARTS) is 1. The number of nitrogens with one attached hydrogen (secondary N) is 1. The molecule has 108 valence electrons. The zero-order valence-electron chi connectivity index (χ0n) is 11.3. The van der Waals surface area contributed by atoms with Gasteiger partial charge in [-0.1, -0.05) is 19.3 Å². The van der Waals surface area contributed by atoms with E-state index >= 15 is 0 Å². The van der Waals surface area contributed by atoms with Crippen molar-refractivity contribution in [3.63, 3.8) is 0 Å². The lowest BCUT2D eigenvalue weighted by Gasteiger charge is -2.32.